The van der Waals surface area contributed by atoms with Gasteiger partial charge in [-0.05, 0) is 64.3 Å². The van der Waals surface area contributed by atoms with E-state index in [1.54, 1.807) is 25.1 Å². The van der Waals surface area contributed by atoms with Crippen molar-refractivity contribution in [3.05, 3.63) is 63.6 Å². The maximum Gasteiger partial charge on any atom is 0.267 e. The van der Waals surface area contributed by atoms with Gasteiger partial charge in [-0.2, -0.15) is 5.10 Å². The monoisotopic (exact) mass is 440 g/mol. The first-order valence-corrected chi connectivity index (χ1v) is 11.1. The topological polar surface area (TPSA) is 93.5 Å². The highest BCUT2D eigenvalue weighted by atomic mass is 16.5. The zero-order chi connectivity index (χ0) is 23.3. The fraction of sp³-hybridized carbons (Fsp3) is 0.500. The molecule has 2 amide bonds. The predicted molar refractivity (Wildman–Crippen MR) is 121 cm³/mol. The molecule has 8 heteroatoms. The highest BCUT2D eigenvalue weighted by Crippen LogP contribution is 2.31. The number of nitrogens with one attached hydrogen (secondary N) is 1. The second-order valence-electron chi connectivity index (χ2n) is 8.44. The van der Waals surface area contributed by atoms with E-state index in [0.717, 1.165) is 12.0 Å². The van der Waals surface area contributed by atoms with Crippen LogP contribution in [0.25, 0.3) is 0 Å². The molecular formula is C24H32N4O4. The van der Waals surface area contributed by atoms with Crippen LogP contribution in [0.5, 0.6) is 0 Å². The number of aryl methyl sites for hydroxylation is 1. The molecule has 1 saturated heterocycles. The van der Waals surface area contributed by atoms with Gasteiger partial charge < -0.3 is 15.0 Å². The first kappa shape index (κ1) is 23.7. The predicted octanol–water partition coefficient (Wildman–Crippen LogP) is 2.46. The van der Waals surface area contributed by atoms with Crippen molar-refractivity contribution in [1.82, 2.24) is 20.0 Å². The molecule has 8 nitrogen and oxygen atoms in total. The number of aromatic nitrogens is 2. The van der Waals surface area contributed by atoms with E-state index in [2.05, 4.69) is 10.4 Å². The van der Waals surface area contributed by atoms with E-state index in [0.29, 0.717) is 30.8 Å². The molecule has 1 aliphatic heterocycles. The molecule has 2 atom stereocenters. The minimum absolute atomic E-state index is 0.00989. The second-order valence-corrected chi connectivity index (χ2v) is 8.44. The van der Waals surface area contributed by atoms with E-state index >= 15 is 0 Å². The van der Waals surface area contributed by atoms with Gasteiger partial charge in [0.15, 0.2) is 0 Å². The van der Waals surface area contributed by atoms with Crippen molar-refractivity contribution in [2.45, 2.75) is 65.3 Å². The Balaban J connectivity index is 1.68. The molecule has 2 aromatic rings. The Morgan fingerprint density at radius 1 is 1.22 bits per heavy atom. The lowest BCUT2D eigenvalue weighted by atomic mass is 9.95. The van der Waals surface area contributed by atoms with Gasteiger partial charge >= 0.3 is 0 Å². The molecule has 1 aromatic carbocycles. The summed E-state index contributed by atoms with van der Waals surface area (Å²) >= 11 is 0. The molecule has 1 fully saturated rings. The summed E-state index contributed by atoms with van der Waals surface area (Å²) in [6, 6.07) is 10.6. The lowest BCUT2D eigenvalue weighted by molar-refractivity contribution is -0.137. The van der Waals surface area contributed by atoms with Crippen molar-refractivity contribution in [2.75, 3.05) is 13.2 Å². The third kappa shape index (κ3) is 5.82. The molecule has 0 spiro atoms. The molecular weight excluding hydrogens is 408 g/mol. The molecule has 0 radical (unpaired) electrons. The number of ether oxygens (including phenoxy) is 1. The van der Waals surface area contributed by atoms with Crippen molar-refractivity contribution < 1.29 is 14.3 Å². The summed E-state index contributed by atoms with van der Waals surface area (Å²) in [7, 11) is 0. The van der Waals surface area contributed by atoms with E-state index < -0.39 is 0 Å². The number of hydrogen-bond acceptors (Lipinski definition) is 5. The van der Waals surface area contributed by atoms with E-state index in [1.807, 2.05) is 37.8 Å². The van der Waals surface area contributed by atoms with Gasteiger partial charge in [0, 0.05) is 36.9 Å². The summed E-state index contributed by atoms with van der Waals surface area (Å²) in [5, 5.41) is 7.06. The Bertz CT molecular complexity index is 1000. The fourth-order valence-electron chi connectivity index (χ4n) is 4.01. The summed E-state index contributed by atoms with van der Waals surface area (Å²) in [5.74, 6) is -0.226. The number of likely N-dealkylation sites (N-methyl/N-ethyl adjacent to an activating group) is 1. The molecule has 0 aliphatic carbocycles. The fourth-order valence-corrected chi connectivity index (χ4v) is 4.01. The quantitative estimate of drug-likeness (QED) is 0.714. The van der Waals surface area contributed by atoms with Crippen molar-refractivity contribution >= 4 is 11.8 Å². The summed E-state index contributed by atoms with van der Waals surface area (Å²) < 4.78 is 7.20. The van der Waals surface area contributed by atoms with Crippen LogP contribution in [0.4, 0.5) is 0 Å². The number of carbonyl (C=O) groups excluding carboxylic acids is 2. The number of amides is 2. The maximum atomic E-state index is 13.0. The highest BCUT2D eigenvalue weighted by molar-refractivity contribution is 5.94. The molecule has 1 aromatic heterocycles. The summed E-state index contributed by atoms with van der Waals surface area (Å²) in [5.41, 5.74) is 2.00. The van der Waals surface area contributed by atoms with Gasteiger partial charge in [0.1, 0.15) is 6.54 Å². The molecule has 32 heavy (non-hydrogen) atoms. The van der Waals surface area contributed by atoms with Gasteiger partial charge in [-0.25, -0.2) is 4.68 Å². The Labute approximate surface area is 188 Å². The van der Waals surface area contributed by atoms with Gasteiger partial charge in [0.25, 0.3) is 11.5 Å². The van der Waals surface area contributed by atoms with Gasteiger partial charge in [0.05, 0.1) is 11.8 Å². The Morgan fingerprint density at radius 3 is 2.59 bits per heavy atom. The van der Waals surface area contributed by atoms with Crippen LogP contribution in [0.15, 0.2) is 41.2 Å². The van der Waals surface area contributed by atoms with Crippen molar-refractivity contribution in [1.29, 1.82) is 0 Å². The molecule has 172 valence electrons. The molecule has 3 rings (SSSR count). The minimum atomic E-state index is -0.286. The SMILES string of the molecule is CCN(C(=O)Cn1nc(C)ccc1=O)[C@@H]1CCO[C@H](c2ccc(C(=O)NC(C)C)cc2)C1. The number of nitrogens with zero attached hydrogens (tertiary/aromatic N) is 3. The standard InChI is InChI=1S/C24H32N4O4/c1-5-27(23(30)15-28-22(29)11-6-17(4)26-28)20-12-13-32-21(14-20)18-7-9-19(10-8-18)24(31)25-16(2)3/h6-11,16,20-21H,5,12-15H2,1-4H3,(H,25,31)/t20-,21+/m1/s1. The van der Waals surface area contributed by atoms with Crippen molar-refractivity contribution in [3.8, 4) is 0 Å². The van der Waals surface area contributed by atoms with Crippen molar-refractivity contribution in [3.63, 3.8) is 0 Å². The zero-order valence-electron chi connectivity index (χ0n) is 19.2. The lowest BCUT2D eigenvalue weighted by Gasteiger charge is -2.37. The molecule has 0 unspecified atom stereocenters. The van der Waals surface area contributed by atoms with Gasteiger partial charge in [-0.1, -0.05) is 12.1 Å². The third-order valence-electron chi connectivity index (χ3n) is 5.61. The molecule has 1 N–H and O–H groups in total. The molecule has 2 heterocycles. The smallest absolute Gasteiger partial charge is 0.267 e. The van der Waals surface area contributed by atoms with Crippen LogP contribution in [0, 0.1) is 6.92 Å². The van der Waals surface area contributed by atoms with E-state index in [1.165, 1.54) is 10.7 Å². The number of carbonyl (C=O) groups is 2. The maximum absolute atomic E-state index is 13.0. The van der Waals surface area contributed by atoms with Crippen molar-refractivity contribution in [2.24, 2.45) is 0 Å². The number of benzene rings is 1. The van der Waals surface area contributed by atoms with Crippen LogP contribution in [-0.2, 0) is 16.1 Å². The normalized spacial score (nSPS) is 18.4. The van der Waals surface area contributed by atoms with Crippen LogP contribution in [0.3, 0.4) is 0 Å². The first-order chi connectivity index (χ1) is 15.3. The van der Waals surface area contributed by atoms with Crippen LogP contribution in [0.2, 0.25) is 0 Å². The van der Waals surface area contributed by atoms with Gasteiger partial charge in [-0.3, -0.25) is 14.4 Å². The minimum Gasteiger partial charge on any atom is -0.373 e. The van der Waals surface area contributed by atoms with Crippen LogP contribution < -0.4 is 10.9 Å². The summed E-state index contributed by atoms with van der Waals surface area (Å²) in [6.45, 7) is 8.59. The average molecular weight is 441 g/mol. The Hall–Kier alpha value is -3.00. The van der Waals surface area contributed by atoms with Crippen LogP contribution in [-0.4, -0.2) is 51.7 Å². The third-order valence-corrected chi connectivity index (χ3v) is 5.61. The zero-order valence-corrected chi connectivity index (χ0v) is 19.2. The van der Waals surface area contributed by atoms with E-state index in [-0.39, 0.29) is 42.1 Å². The number of rotatable bonds is 7. The van der Waals surface area contributed by atoms with E-state index in [4.69, 9.17) is 4.74 Å². The molecule has 1 aliphatic rings. The Morgan fingerprint density at radius 2 is 1.94 bits per heavy atom. The Kier molecular flexibility index (Phi) is 7.80. The van der Waals surface area contributed by atoms with Crippen LogP contribution >= 0.6 is 0 Å². The highest BCUT2D eigenvalue weighted by Gasteiger charge is 2.30. The largest absolute Gasteiger partial charge is 0.373 e. The molecule has 0 bridgehead atoms. The van der Waals surface area contributed by atoms with Crippen LogP contribution in [0.1, 0.15) is 61.3 Å². The lowest BCUT2D eigenvalue weighted by Crippen LogP contribution is -2.46. The summed E-state index contributed by atoms with van der Waals surface area (Å²) in [4.78, 5) is 39.0. The van der Waals surface area contributed by atoms with Gasteiger partial charge in [-0.15, -0.1) is 0 Å². The first-order valence-electron chi connectivity index (χ1n) is 11.1. The number of hydrogen-bond donors (Lipinski definition) is 1. The average Bonchev–Trinajstić information content (AvgIpc) is 2.76. The molecule has 0 saturated carbocycles. The van der Waals surface area contributed by atoms with E-state index in [9.17, 15) is 14.4 Å². The van der Waals surface area contributed by atoms with Gasteiger partial charge in [0.2, 0.25) is 5.91 Å². The summed E-state index contributed by atoms with van der Waals surface area (Å²) in [6.07, 6.45) is 1.24. The second kappa shape index (κ2) is 10.5.